The van der Waals surface area contributed by atoms with Gasteiger partial charge in [-0.25, -0.2) is 9.59 Å². The van der Waals surface area contributed by atoms with E-state index in [1.54, 1.807) is 66.7 Å². The zero-order valence-electron chi connectivity index (χ0n) is 31.1. The number of hydrogen-bond donors (Lipinski definition) is 0. The summed E-state index contributed by atoms with van der Waals surface area (Å²) in [6, 6.07) is 18.2. The molecule has 0 radical (unpaired) electrons. The van der Waals surface area contributed by atoms with E-state index in [1.807, 2.05) is 0 Å². The van der Waals surface area contributed by atoms with Gasteiger partial charge in [-0.3, -0.25) is 14.4 Å². The van der Waals surface area contributed by atoms with Gasteiger partial charge in [-0.2, -0.15) is 0 Å². The van der Waals surface area contributed by atoms with Crippen LogP contribution in [-0.4, -0.2) is 60.5 Å². The highest BCUT2D eigenvalue weighted by atomic mass is 16.6. The van der Waals surface area contributed by atoms with E-state index in [2.05, 4.69) is 13.2 Å². The fourth-order valence-electron chi connectivity index (χ4n) is 6.43. The Bertz CT molecular complexity index is 1820. The third-order valence-electron chi connectivity index (χ3n) is 9.70. The summed E-state index contributed by atoms with van der Waals surface area (Å²) < 4.78 is 43.5. The first kappa shape index (κ1) is 41.3. The number of benzene rings is 3. The van der Waals surface area contributed by atoms with Crippen LogP contribution in [0.15, 0.2) is 92.0 Å². The molecule has 0 heterocycles. The Morgan fingerprint density at radius 1 is 0.536 bits per heavy atom. The van der Waals surface area contributed by atoms with Crippen molar-refractivity contribution in [1.29, 1.82) is 0 Å². The van der Waals surface area contributed by atoms with E-state index in [9.17, 15) is 24.0 Å². The molecule has 17 heteroatoms. The summed E-state index contributed by atoms with van der Waals surface area (Å²) in [5.74, 6) is 1.10. The maximum absolute atomic E-state index is 12.8. The van der Waals surface area contributed by atoms with Crippen LogP contribution in [0.2, 0.25) is 11.6 Å². The van der Waals surface area contributed by atoms with Crippen molar-refractivity contribution in [2.24, 2.45) is 11.8 Å². The highest BCUT2D eigenvalue weighted by Crippen LogP contribution is 2.36. The van der Waals surface area contributed by atoms with Gasteiger partial charge in [0.15, 0.2) is 6.29 Å². The van der Waals surface area contributed by atoms with E-state index in [0.29, 0.717) is 80.7 Å². The minimum Gasteiger partial charge on any atom is -0.564 e. The quantitative estimate of drug-likeness (QED) is 0.0536. The van der Waals surface area contributed by atoms with Gasteiger partial charge in [0, 0.05) is 12.2 Å². The maximum atomic E-state index is 12.8. The fourth-order valence-corrected chi connectivity index (χ4v) is 6.43. The summed E-state index contributed by atoms with van der Waals surface area (Å²) in [5, 5.41) is 0. The van der Waals surface area contributed by atoms with E-state index in [4.69, 9.17) is 37.4 Å². The first-order chi connectivity index (χ1) is 27.2. The number of hydrogen-bond acceptors (Lipinski definition) is 13. The van der Waals surface area contributed by atoms with Gasteiger partial charge in [0.05, 0.1) is 23.1 Å². The molecule has 5 rings (SSSR count). The normalized spacial score (nSPS) is 18.6. The third kappa shape index (κ3) is 12.9. The lowest BCUT2D eigenvalue weighted by Crippen LogP contribution is -2.27. The number of esters is 2. The lowest BCUT2D eigenvalue weighted by atomic mass is 9.67. The molecule has 2 saturated carbocycles. The van der Waals surface area contributed by atoms with Crippen LogP contribution in [0.3, 0.4) is 0 Å². The molecule has 0 aromatic heterocycles. The molecule has 13 nitrogen and oxygen atoms in total. The zero-order valence-corrected chi connectivity index (χ0v) is 31.1. The van der Waals surface area contributed by atoms with Crippen molar-refractivity contribution in [3.8, 4) is 34.5 Å². The molecule has 2 fully saturated rings. The van der Waals surface area contributed by atoms with Crippen LogP contribution >= 0.6 is 0 Å². The number of rotatable bonds is 19. The predicted molar refractivity (Wildman–Crippen MR) is 211 cm³/mol. The van der Waals surface area contributed by atoms with Crippen LogP contribution in [0.25, 0.3) is 0 Å². The lowest BCUT2D eigenvalue weighted by Gasteiger charge is -2.27. The number of carbonyl (C=O) groups excluding carboxylic acids is 5. The van der Waals surface area contributed by atoms with Crippen LogP contribution in [0.5, 0.6) is 34.5 Å². The standard InChI is InChI=1S/C39H42B4O13/c1-3-36(45)55-42-52-32-17-13-30(14-18-32)49-38(47)25-5-9-28(10-6-25)40-51-34-21-22-35(27(23-34)24-44)54-41-29-11-7-26(8-12-29)39(48)50-31-15-19-33(20-16-31)53-43-56-37(46)4-2/h3-4,13-26,28-29,40-43H,1-2,5-12H2. The van der Waals surface area contributed by atoms with Crippen LogP contribution in [0, 0.1) is 11.8 Å². The summed E-state index contributed by atoms with van der Waals surface area (Å²) in [5.41, 5.74) is 0.399. The lowest BCUT2D eigenvalue weighted by molar-refractivity contribution is -0.140. The van der Waals surface area contributed by atoms with E-state index < -0.39 is 11.9 Å². The van der Waals surface area contributed by atoms with Crippen LogP contribution in [0.1, 0.15) is 61.7 Å². The van der Waals surface area contributed by atoms with Crippen LogP contribution in [0.4, 0.5) is 0 Å². The van der Waals surface area contributed by atoms with Crippen LogP contribution < -0.4 is 28.1 Å². The molecule has 0 atom stereocenters. The molecule has 56 heavy (non-hydrogen) atoms. The molecule has 2 aliphatic rings. The molecular weight excluding hydrogens is 720 g/mol. The second-order valence-electron chi connectivity index (χ2n) is 13.5. The van der Waals surface area contributed by atoms with Gasteiger partial charge in [0.25, 0.3) is 0 Å². The Morgan fingerprint density at radius 3 is 1.38 bits per heavy atom. The molecule has 0 spiro atoms. The van der Waals surface area contributed by atoms with Crippen molar-refractivity contribution in [2.45, 2.75) is 63.0 Å². The summed E-state index contributed by atoms with van der Waals surface area (Å²) in [7, 11) is 0.382. The van der Waals surface area contributed by atoms with Crippen molar-refractivity contribution in [3.05, 3.63) is 97.6 Å². The maximum Gasteiger partial charge on any atom is 0.578 e. The van der Waals surface area contributed by atoms with E-state index in [-0.39, 0.29) is 50.8 Å². The monoisotopic (exact) mass is 762 g/mol. The molecule has 0 aliphatic heterocycles. The average Bonchev–Trinajstić information content (AvgIpc) is 3.23. The highest BCUT2D eigenvalue weighted by Gasteiger charge is 2.30. The Kier molecular flexibility index (Phi) is 15.7. The molecule has 3 aromatic carbocycles. The van der Waals surface area contributed by atoms with Crippen LogP contribution in [-0.2, 0) is 28.5 Å². The third-order valence-corrected chi connectivity index (χ3v) is 9.70. The number of aldehydes is 1. The molecule has 2 aliphatic carbocycles. The van der Waals surface area contributed by atoms with Gasteiger partial charge in [-0.05, 0) is 104 Å². The fraction of sp³-hybridized carbons (Fsp3) is 0.308. The molecule has 0 saturated heterocycles. The Morgan fingerprint density at radius 2 is 0.946 bits per heavy atom. The Hall–Kier alpha value is -5.85. The summed E-state index contributed by atoms with van der Waals surface area (Å²) in [6.07, 6.45) is 8.73. The molecule has 288 valence electrons. The largest absolute Gasteiger partial charge is 0.578 e. The summed E-state index contributed by atoms with van der Waals surface area (Å²) >= 11 is 0. The molecule has 0 unspecified atom stereocenters. The van der Waals surface area contributed by atoms with Crippen molar-refractivity contribution in [3.63, 3.8) is 0 Å². The van der Waals surface area contributed by atoms with Gasteiger partial charge >= 0.3 is 54.2 Å². The second kappa shape index (κ2) is 21.3. The Balaban J connectivity index is 0.969. The minimum absolute atomic E-state index is 0.211. The van der Waals surface area contributed by atoms with Gasteiger partial charge in [0.1, 0.15) is 28.7 Å². The minimum atomic E-state index is -0.586. The van der Waals surface area contributed by atoms with Crippen molar-refractivity contribution in [1.82, 2.24) is 0 Å². The smallest absolute Gasteiger partial charge is 0.564 e. The van der Waals surface area contributed by atoms with Gasteiger partial charge < -0.3 is 37.4 Å². The first-order valence-corrected chi connectivity index (χ1v) is 18.5. The van der Waals surface area contributed by atoms with Gasteiger partial charge in [0.2, 0.25) is 0 Å². The molecule has 0 amide bonds. The first-order valence-electron chi connectivity index (χ1n) is 18.5. The molecule has 3 aromatic rings. The Labute approximate surface area is 328 Å². The predicted octanol–water partition coefficient (Wildman–Crippen LogP) is 4.88. The van der Waals surface area contributed by atoms with Gasteiger partial charge in [-0.1, -0.05) is 38.8 Å². The number of carbonyl (C=O) groups is 5. The molecule has 0 N–H and O–H groups in total. The van der Waals surface area contributed by atoms with E-state index in [1.165, 1.54) is 0 Å². The SMILES string of the molecule is C=CC(=O)OBOc1ccc(OC(=O)C2CCC(BOc3ccc(OBC4CCC(C(=O)Oc5ccc(OBOC(=O)C=C)cc5)CC4)c(C=O)c3)CC2)cc1. The highest BCUT2D eigenvalue weighted by molar-refractivity contribution is 6.31. The number of ether oxygens (including phenoxy) is 2. The summed E-state index contributed by atoms with van der Waals surface area (Å²) in [4.78, 5) is 59.8. The molecular formula is C39H42B4O13. The van der Waals surface area contributed by atoms with Gasteiger partial charge in [-0.15, -0.1) is 0 Å². The van der Waals surface area contributed by atoms with Crippen molar-refractivity contribution < 1.29 is 61.4 Å². The van der Waals surface area contributed by atoms with Crippen molar-refractivity contribution in [2.75, 3.05) is 0 Å². The zero-order chi connectivity index (χ0) is 39.7. The second-order valence-corrected chi connectivity index (χ2v) is 13.5. The average molecular weight is 762 g/mol. The molecule has 0 bridgehead atoms. The van der Waals surface area contributed by atoms with E-state index >= 15 is 0 Å². The summed E-state index contributed by atoms with van der Waals surface area (Å²) in [6.45, 7) is 6.64. The van der Waals surface area contributed by atoms with E-state index in [0.717, 1.165) is 44.1 Å². The van der Waals surface area contributed by atoms with Crippen molar-refractivity contribution >= 4 is 60.5 Å². The topological polar surface area (TPSA) is 159 Å².